The first-order chi connectivity index (χ1) is 15.0. The van der Waals surface area contributed by atoms with Crippen molar-refractivity contribution in [3.05, 3.63) is 83.7 Å². The zero-order valence-corrected chi connectivity index (χ0v) is 17.7. The summed E-state index contributed by atoms with van der Waals surface area (Å²) in [7, 11) is -2.09. The van der Waals surface area contributed by atoms with Crippen molar-refractivity contribution in [2.75, 3.05) is 0 Å². The number of hydrogen-bond donors (Lipinski definition) is 1. The van der Waals surface area contributed by atoms with Gasteiger partial charge in [-0.1, -0.05) is 42.5 Å². The van der Waals surface area contributed by atoms with Gasteiger partial charge in [-0.2, -0.15) is 13.2 Å². The molecule has 4 aromatic rings. The van der Waals surface area contributed by atoms with E-state index in [1.807, 2.05) is 10.6 Å². The molecule has 0 atom stereocenters. The highest BCUT2D eigenvalue weighted by Crippen LogP contribution is 2.31. The molecule has 0 aliphatic rings. The van der Waals surface area contributed by atoms with Crippen molar-refractivity contribution in [3.63, 3.8) is 0 Å². The maximum atomic E-state index is 12.7. The van der Waals surface area contributed by atoms with Crippen molar-refractivity contribution < 1.29 is 21.6 Å². The average molecular weight is 457 g/mol. The zero-order chi connectivity index (χ0) is 23.1. The minimum absolute atomic E-state index is 0.0314. The lowest BCUT2D eigenvalue weighted by Crippen LogP contribution is -2.13. The number of halogens is 3. The van der Waals surface area contributed by atoms with E-state index in [-0.39, 0.29) is 4.90 Å². The molecular formula is C23H18F3N3O2S. The molecule has 0 saturated heterocycles. The largest absolute Gasteiger partial charge is 0.416 e. The van der Waals surface area contributed by atoms with Crippen LogP contribution >= 0.6 is 0 Å². The van der Waals surface area contributed by atoms with Crippen molar-refractivity contribution in [1.29, 1.82) is 0 Å². The summed E-state index contributed by atoms with van der Waals surface area (Å²) in [6.45, 7) is 0. The number of hydrogen-bond acceptors (Lipinski definition) is 3. The second kappa shape index (κ2) is 7.92. The van der Waals surface area contributed by atoms with Crippen molar-refractivity contribution in [1.82, 2.24) is 9.55 Å². The quantitative estimate of drug-likeness (QED) is 0.464. The Labute approximate surface area is 182 Å². The Balaban J connectivity index is 1.70. The standard InChI is InChI=1S/C23H18F3N3O2S/c1-29-20-14-16(18-4-2-3-5-21(18)32(27,30)31)9-12-19(20)28-22(29)13-8-15-6-10-17(11-7-15)23(24,25)26/h2-14H,1H3,(H2,27,30,31)/b13-8+. The van der Waals surface area contributed by atoms with Crippen LogP contribution in [0, 0.1) is 0 Å². The van der Waals surface area contributed by atoms with Crippen molar-refractivity contribution in [3.8, 4) is 11.1 Å². The SMILES string of the molecule is Cn1c(/C=C/c2ccc(C(F)(F)F)cc2)nc2ccc(-c3ccccc3S(N)(=O)=O)cc21. The third kappa shape index (κ3) is 4.30. The summed E-state index contributed by atoms with van der Waals surface area (Å²) in [6.07, 6.45) is -0.988. The van der Waals surface area contributed by atoms with Gasteiger partial charge >= 0.3 is 6.18 Å². The number of rotatable bonds is 4. The summed E-state index contributed by atoms with van der Waals surface area (Å²) in [4.78, 5) is 4.57. The van der Waals surface area contributed by atoms with Crippen LogP contribution in [0.2, 0.25) is 0 Å². The van der Waals surface area contributed by atoms with Gasteiger partial charge in [-0.05, 0) is 47.5 Å². The lowest BCUT2D eigenvalue weighted by molar-refractivity contribution is -0.137. The number of aryl methyl sites for hydroxylation is 1. The van der Waals surface area contributed by atoms with Gasteiger partial charge in [0.1, 0.15) is 5.82 Å². The van der Waals surface area contributed by atoms with Gasteiger partial charge in [0, 0.05) is 12.6 Å². The van der Waals surface area contributed by atoms with Gasteiger partial charge in [0.15, 0.2) is 0 Å². The van der Waals surface area contributed by atoms with E-state index in [1.54, 1.807) is 49.5 Å². The van der Waals surface area contributed by atoms with Crippen molar-refractivity contribution in [2.24, 2.45) is 12.2 Å². The molecule has 9 heteroatoms. The van der Waals surface area contributed by atoms with Crippen LogP contribution in [-0.2, 0) is 23.2 Å². The Bertz CT molecular complexity index is 1440. The number of fused-ring (bicyclic) bond motifs is 1. The van der Waals surface area contributed by atoms with Crippen molar-refractivity contribution >= 4 is 33.2 Å². The van der Waals surface area contributed by atoms with Crippen LogP contribution in [0.15, 0.2) is 71.6 Å². The van der Waals surface area contributed by atoms with Gasteiger partial charge < -0.3 is 4.57 Å². The van der Waals surface area contributed by atoms with E-state index >= 15 is 0 Å². The number of primary sulfonamides is 1. The van der Waals surface area contributed by atoms with Gasteiger partial charge in [-0.25, -0.2) is 18.5 Å². The van der Waals surface area contributed by atoms with Crippen LogP contribution in [0.3, 0.4) is 0 Å². The van der Waals surface area contributed by atoms with Gasteiger partial charge in [0.2, 0.25) is 10.0 Å². The molecule has 164 valence electrons. The monoisotopic (exact) mass is 457 g/mol. The Morgan fingerprint density at radius 3 is 2.31 bits per heavy atom. The van der Waals surface area contributed by atoms with Gasteiger partial charge in [-0.3, -0.25) is 0 Å². The van der Waals surface area contributed by atoms with Gasteiger partial charge in [-0.15, -0.1) is 0 Å². The summed E-state index contributed by atoms with van der Waals surface area (Å²) in [6, 6.07) is 16.7. The maximum Gasteiger partial charge on any atom is 0.416 e. The molecule has 5 nitrogen and oxygen atoms in total. The Morgan fingerprint density at radius 1 is 0.969 bits per heavy atom. The molecule has 0 aliphatic heterocycles. The number of alkyl halides is 3. The fourth-order valence-electron chi connectivity index (χ4n) is 3.43. The third-order valence-electron chi connectivity index (χ3n) is 5.08. The fraction of sp³-hybridized carbons (Fsp3) is 0.0870. The molecule has 0 bridgehead atoms. The first kappa shape index (κ1) is 21.8. The predicted molar refractivity (Wildman–Crippen MR) is 118 cm³/mol. The number of nitrogens with zero attached hydrogens (tertiary/aromatic N) is 2. The van der Waals surface area contributed by atoms with Crippen LogP contribution in [0.1, 0.15) is 17.0 Å². The molecule has 3 aromatic carbocycles. The van der Waals surface area contributed by atoms with Crippen LogP contribution in [0.25, 0.3) is 34.3 Å². The lowest BCUT2D eigenvalue weighted by Gasteiger charge is -2.08. The van der Waals surface area contributed by atoms with E-state index in [1.165, 1.54) is 18.2 Å². The van der Waals surface area contributed by atoms with E-state index < -0.39 is 21.8 Å². The molecule has 32 heavy (non-hydrogen) atoms. The number of benzene rings is 3. The number of aromatic nitrogens is 2. The minimum Gasteiger partial charge on any atom is -0.328 e. The Hall–Kier alpha value is -3.43. The second-order valence-corrected chi connectivity index (χ2v) is 8.76. The normalized spacial score (nSPS) is 12.7. The van der Waals surface area contributed by atoms with Crippen LogP contribution < -0.4 is 5.14 Å². The van der Waals surface area contributed by atoms with Gasteiger partial charge in [0.05, 0.1) is 21.5 Å². The van der Waals surface area contributed by atoms with E-state index in [4.69, 9.17) is 5.14 Å². The average Bonchev–Trinajstić information content (AvgIpc) is 3.06. The molecule has 0 amide bonds. The highest BCUT2D eigenvalue weighted by molar-refractivity contribution is 7.89. The Kier molecular flexibility index (Phi) is 5.39. The number of imidazole rings is 1. The molecule has 0 unspecified atom stereocenters. The van der Waals surface area contributed by atoms with Crippen LogP contribution in [0.4, 0.5) is 13.2 Å². The highest BCUT2D eigenvalue weighted by Gasteiger charge is 2.29. The van der Waals surface area contributed by atoms with E-state index in [2.05, 4.69) is 4.98 Å². The molecular weight excluding hydrogens is 439 g/mol. The molecule has 1 aromatic heterocycles. The topological polar surface area (TPSA) is 78.0 Å². The third-order valence-corrected chi connectivity index (χ3v) is 6.05. The summed E-state index contributed by atoms with van der Waals surface area (Å²) in [5, 5.41) is 5.35. The number of sulfonamides is 1. The van der Waals surface area contributed by atoms with Gasteiger partial charge in [0.25, 0.3) is 0 Å². The zero-order valence-electron chi connectivity index (χ0n) is 16.8. The molecule has 0 fully saturated rings. The van der Waals surface area contributed by atoms with Crippen LogP contribution in [0.5, 0.6) is 0 Å². The maximum absolute atomic E-state index is 12.7. The summed E-state index contributed by atoms with van der Waals surface area (Å²) in [5.74, 6) is 0.594. The number of nitrogens with two attached hydrogens (primary N) is 1. The molecule has 0 spiro atoms. The van der Waals surface area contributed by atoms with Crippen molar-refractivity contribution in [2.45, 2.75) is 11.1 Å². The summed E-state index contributed by atoms with van der Waals surface area (Å²) in [5.41, 5.74) is 2.51. The molecule has 0 aliphatic carbocycles. The fourth-order valence-corrected chi connectivity index (χ4v) is 4.19. The lowest BCUT2D eigenvalue weighted by atomic mass is 10.1. The first-order valence-corrected chi connectivity index (χ1v) is 11.0. The molecule has 0 radical (unpaired) electrons. The highest BCUT2D eigenvalue weighted by atomic mass is 32.2. The minimum atomic E-state index is -4.38. The molecule has 4 rings (SSSR count). The summed E-state index contributed by atoms with van der Waals surface area (Å²) < 4.78 is 63.9. The van der Waals surface area contributed by atoms with E-state index in [9.17, 15) is 21.6 Å². The summed E-state index contributed by atoms with van der Waals surface area (Å²) >= 11 is 0. The van der Waals surface area contributed by atoms with Crippen LogP contribution in [-0.4, -0.2) is 18.0 Å². The second-order valence-electron chi connectivity index (χ2n) is 7.23. The predicted octanol–water partition coefficient (Wildman–Crippen LogP) is 5.08. The first-order valence-electron chi connectivity index (χ1n) is 9.48. The molecule has 1 heterocycles. The molecule has 0 saturated carbocycles. The molecule has 2 N–H and O–H groups in total. The van der Waals surface area contributed by atoms with E-state index in [0.29, 0.717) is 28.0 Å². The van der Waals surface area contributed by atoms with E-state index in [0.717, 1.165) is 17.6 Å². The smallest absolute Gasteiger partial charge is 0.328 e. The Morgan fingerprint density at radius 2 is 1.66 bits per heavy atom.